The summed E-state index contributed by atoms with van der Waals surface area (Å²) in [6.07, 6.45) is 2.67. The van der Waals surface area contributed by atoms with Crippen LogP contribution < -0.4 is 5.32 Å². The van der Waals surface area contributed by atoms with Crippen LogP contribution >= 0.6 is 11.8 Å². The summed E-state index contributed by atoms with van der Waals surface area (Å²) >= 11 is 1.55. The van der Waals surface area contributed by atoms with Crippen molar-refractivity contribution in [2.45, 2.75) is 16.9 Å². The van der Waals surface area contributed by atoms with Crippen LogP contribution in [0.5, 0.6) is 0 Å². The van der Waals surface area contributed by atoms with Crippen molar-refractivity contribution < 1.29 is 19.4 Å². The SMILES string of the molecule is CSc1ccccc1C(=O)NCC1(OCCO)CCOC1. The van der Waals surface area contributed by atoms with Crippen LogP contribution in [0, 0.1) is 0 Å². The average molecular weight is 311 g/mol. The molecule has 1 unspecified atom stereocenters. The summed E-state index contributed by atoms with van der Waals surface area (Å²) in [6.45, 7) is 1.65. The van der Waals surface area contributed by atoms with Gasteiger partial charge in [-0.25, -0.2) is 0 Å². The summed E-state index contributed by atoms with van der Waals surface area (Å²) < 4.78 is 11.1. The second-order valence-electron chi connectivity index (χ2n) is 4.94. The third-order valence-corrected chi connectivity index (χ3v) is 4.29. The third kappa shape index (κ3) is 4.20. The molecule has 116 valence electrons. The standard InChI is InChI=1S/C15H21NO4S/c1-21-13-5-3-2-4-12(13)14(18)16-10-15(20-9-7-17)6-8-19-11-15/h2-5,17H,6-11H2,1H3,(H,16,18). The highest BCUT2D eigenvalue weighted by molar-refractivity contribution is 7.98. The molecule has 1 aromatic carbocycles. The Balaban J connectivity index is 1.98. The second kappa shape index (κ2) is 7.79. The number of aliphatic hydroxyl groups is 1. The quantitative estimate of drug-likeness (QED) is 0.743. The molecule has 1 amide bonds. The molecule has 0 radical (unpaired) electrons. The fraction of sp³-hybridized carbons (Fsp3) is 0.533. The molecule has 6 heteroatoms. The second-order valence-corrected chi connectivity index (χ2v) is 5.79. The van der Waals surface area contributed by atoms with Gasteiger partial charge in [-0.1, -0.05) is 12.1 Å². The van der Waals surface area contributed by atoms with Gasteiger partial charge in [0.2, 0.25) is 0 Å². The molecule has 2 N–H and O–H groups in total. The molecule has 0 aliphatic carbocycles. The number of amides is 1. The third-order valence-electron chi connectivity index (χ3n) is 3.49. The van der Waals surface area contributed by atoms with Crippen LogP contribution in [0.3, 0.4) is 0 Å². The maximum absolute atomic E-state index is 12.3. The number of carbonyl (C=O) groups is 1. The number of hydrogen-bond donors (Lipinski definition) is 2. The van der Waals surface area contributed by atoms with E-state index in [1.165, 1.54) is 0 Å². The Kier molecular flexibility index (Phi) is 6.05. The first kappa shape index (κ1) is 16.3. The number of rotatable bonds is 7. The molecule has 1 aromatic rings. The molecule has 0 saturated carbocycles. The van der Waals surface area contributed by atoms with E-state index < -0.39 is 5.60 Å². The summed E-state index contributed by atoms with van der Waals surface area (Å²) in [5, 5.41) is 11.8. The van der Waals surface area contributed by atoms with E-state index in [-0.39, 0.29) is 19.1 Å². The predicted molar refractivity (Wildman–Crippen MR) is 81.8 cm³/mol. The first-order chi connectivity index (χ1) is 10.2. The highest BCUT2D eigenvalue weighted by Crippen LogP contribution is 2.23. The number of aliphatic hydroxyl groups excluding tert-OH is 1. The Morgan fingerprint density at radius 2 is 2.33 bits per heavy atom. The Morgan fingerprint density at radius 1 is 1.52 bits per heavy atom. The number of nitrogens with one attached hydrogen (secondary N) is 1. The number of benzene rings is 1. The fourth-order valence-corrected chi connectivity index (χ4v) is 2.92. The van der Waals surface area contributed by atoms with Crippen LogP contribution in [0.2, 0.25) is 0 Å². The molecule has 2 rings (SSSR count). The number of ether oxygens (including phenoxy) is 2. The van der Waals surface area contributed by atoms with E-state index in [4.69, 9.17) is 14.6 Å². The van der Waals surface area contributed by atoms with Crippen molar-refractivity contribution in [2.24, 2.45) is 0 Å². The molecule has 0 bridgehead atoms. The summed E-state index contributed by atoms with van der Waals surface area (Å²) in [5.41, 5.74) is 0.147. The van der Waals surface area contributed by atoms with Gasteiger partial charge in [0.1, 0.15) is 5.60 Å². The van der Waals surface area contributed by atoms with E-state index >= 15 is 0 Å². The van der Waals surface area contributed by atoms with Crippen molar-refractivity contribution in [3.63, 3.8) is 0 Å². The van der Waals surface area contributed by atoms with Crippen LogP contribution in [0.1, 0.15) is 16.8 Å². The predicted octanol–water partition coefficient (Wildman–Crippen LogP) is 1.31. The van der Waals surface area contributed by atoms with Gasteiger partial charge in [-0.05, 0) is 18.4 Å². The van der Waals surface area contributed by atoms with Crippen LogP contribution in [-0.2, 0) is 9.47 Å². The zero-order valence-corrected chi connectivity index (χ0v) is 12.9. The Hall–Kier alpha value is -1.08. The first-order valence-electron chi connectivity index (χ1n) is 6.94. The van der Waals surface area contributed by atoms with Crippen molar-refractivity contribution >= 4 is 17.7 Å². The van der Waals surface area contributed by atoms with Crippen molar-refractivity contribution in [1.82, 2.24) is 5.32 Å². The number of hydrogen-bond acceptors (Lipinski definition) is 5. The lowest BCUT2D eigenvalue weighted by Crippen LogP contribution is -2.46. The van der Waals surface area contributed by atoms with Crippen molar-refractivity contribution in [2.75, 3.05) is 39.2 Å². The molecule has 1 saturated heterocycles. The largest absolute Gasteiger partial charge is 0.394 e. The molecule has 0 aromatic heterocycles. The van der Waals surface area contributed by atoms with Gasteiger partial charge in [-0.3, -0.25) is 4.79 Å². The van der Waals surface area contributed by atoms with Gasteiger partial charge in [0.15, 0.2) is 0 Å². The van der Waals surface area contributed by atoms with Crippen molar-refractivity contribution in [3.8, 4) is 0 Å². The molecule has 1 fully saturated rings. The smallest absolute Gasteiger partial charge is 0.252 e. The lowest BCUT2D eigenvalue weighted by atomic mass is 10.0. The van der Waals surface area contributed by atoms with E-state index in [0.717, 1.165) is 11.3 Å². The minimum atomic E-state index is -0.521. The van der Waals surface area contributed by atoms with E-state index in [2.05, 4.69) is 5.32 Å². The molecule has 5 nitrogen and oxygen atoms in total. The summed E-state index contributed by atoms with van der Waals surface area (Å²) in [7, 11) is 0. The number of thioether (sulfide) groups is 1. The summed E-state index contributed by atoms with van der Waals surface area (Å²) in [4.78, 5) is 13.3. The highest BCUT2D eigenvalue weighted by Gasteiger charge is 2.36. The summed E-state index contributed by atoms with van der Waals surface area (Å²) in [6, 6.07) is 7.51. The normalized spacial score (nSPS) is 21.4. The van der Waals surface area contributed by atoms with Crippen molar-refractivity contribution in [3.05, 3.63) is 29.8 Å². The Labute approximate surface area is 129 Å². The lowest BCUT2D eigenvalue weighted by molar-refractivity contribution is -0.0582. The van der Waals surface area contributed by atoms with E-state index in [9.17, 15) is 4.79 Å². The molecule has 1 heterocycles. The molecule has 1 atom stereocenters. The molecule has 1 aliphatic heterocycles. The van der Waals surface area contributed by atoms with Gasteiger partial charge in [0, 0.05) is 24.5 Å². The van der Waals surface area contributed by atoms with Crippen molar-refractivity contribution in [1.29, 1.82) is 0 Å². The first-order valence-corrected chi connectivity index (χ1v) is 8.17. The fourth-order valence-electron chi connectivity index (χ4n) is 2.32. The zero-order valence-electron chi connectivity index (χ0n) is 12.1. The maximum atomic E-state index is 12.3. The zero-order chi connectivity index (χ0) is 15.1. The molecular weight excluding hydrogens is 290 g/mol. The molecule has 21 heavy (non-hydrogen) atoms. The van der Waals surface area contributed by atoms with Crippen LogP contribution in [0.15, 0.2) is 29.2 Å². The number of carbonyl (C=O) groups excluding carboxylic acids is 1. The van der Waals surface area contributed by atoms with E-state index in [1.54, 1.807) is 11.8 Å². The average Bonchev–Trinajstić information content (AvgIpc) is 3.00. The molecule has 0 spiro atoms. The minimum absolute atomic E-state index is 0.0367. The van der Waals surface area contributed by atoms with Crippen LogP contribution in [-0.4, -0.2) is 55.8 Å². The maximum Gasteiger partial charge on any atom is 0.252 e. The highest BCUT2D eigenvalue weighted by atomic mass is 32.2. The topological polar surface area (TPSA) is 67.8 Å². The van der Waals surface area contributed by atoms with Gasteiger partial charge in [0.05, 0.1) is 25.4 Å². The van der Waals surface area contributed by atoms with Gasteiger partial charge in [-0.2, -0.15) is 0 Å². The van der Waals surface area contributed by atoms with Gasteiger partial charge in [0.25, 0.3) is 5.91 Å². The van der Waals surface area contributed by atoms with Gasteiger partial charge < -0.3 is 19.9 Å². The van der Waals surface area contributed by atoms with Gasteiger partial charge >= 0.3 is 0 Å². The Morgan fingerprint density at radius 3 is 3.00 bits per heavy atom. The van der Waals surface area contributed by atoms with E-state index in [0.29, 0.717) is 25.3 Å². The monoisotopic (exact) mass is 311 g/mol. The minimum Gasteiger partial charge on any atom is -0.394 e. The Bertz CT molecular complexity index is 474. The van der Waals surface area contributed by atoms with Crippen LogP contribution in [0.4, 0.5) is 0 Å². The molecular formula is C15H21NO4S. The van der Waals surface area contributed by atoms with Gasteiger partial charge in [-0.15, -0.1) is 11.8 Å². The van der Waals surface area contributed by atoms with E-state index in [1.807, 2.05) is 30.5 Å². The summed E-state index contributed by atoms with van der Waals surface area (Å²) in [5.74, 6) is -0.112. The molecule has 1 aliphatic rings. The van der Waals surface area contributed by atoms with Crippen LogP contribution in [0.25, 0.3) is 0 Å². The lowest BCUT2D eigenvalue weighted by Gasteiger charge is -2.28.